The molecule has 0 aliphatic heterocycles. The number of hydrogen-bond donors (Lipinski definition) is 1. The van der Waals surface area contributed by atoms with Gasteiger partial charge in [-0.1, -0.05) is 43.5 Å². The largest absolute Gasteiger partial charge is 0.496 e. The minimum atomic E-state index is -3.73. The molecule has 1 aliphatic carbocycles. The van der Waals surface area contributed by atoms with E-state index in [9.17, 15) is 13.2 Å². The Kier molecular flexibility index (Phi) is 13.3. The second-order valence-corrected chi connectivity index (χ2v) is 14.2. The van der Waals surface area contributed by atoms with Crippen molar-refractivity contribution in [3.05, 3.63) is 57.6 Å². The predicted octanol–water partition coefficient (Wildman–Crippen LogP) is 5.92. The van der Waals surface area contributed by atoms with E-state index < -0.39 is 10.0 Å². The van der Waals surface area contributed by atoms with Crippen molar-refractivity contribution in [2.45, 2.75) is 70.7 Å². The molecule has 240 valence electrons. The van der Waals surface area contributed by atoms with Gasteiger partial charge in [-0.15, -0.1) is 0 Å². The molecule has 0 heterocycles. The summed E-state index contributed by atoms with van der Waals surface area (Å²) in [6.45, 7) is 8.40. The number of sulfonamides is 1. The van der Waals surface area contributed by atoms with Crippen molar-refractivity contribution >= 4 is 27.5 Å². The number of amides is 1. The van der Waals surface area contributed by atoms with Gasteiger partial charge < -0.3 is 19.7 Å². The second kappa shape index (κ2) is 16.2. The van der Waals surface area contributed by atoms with Gasteiger partial charge in [0.2, 0.25) is 15.9 Å². The van der Waals surface area contributed by atoms with E-state index in [1.807, 2.05) is 19.1 Å². The van der Waals surface area contributed by atoms with Gasteiger partial charge in [-0.25, -0.2) is 8.42 Å². The smallest absolute Gasteiger partial charge is 0.245 e. The summed E-state index contributed by atoms with van der Waals surface area (Å²) in [5, 5.41) is 3.74. The van der Waals surface area contributed by atoms with E-state index in [0.717, 1.165) is 29.8 Å². The van der Waals surface area contributed by atoms with Crippen molar-refractivity contribution in [3.8, 4) is 5.75 Å². The molecule has 3 rings (SSSR count). The van der Waals surface area contributed by atoms with Crippen LogP contribution in [0, 0.1) is 32.6 Å². The Balaban J connectivity index is 1.40. The van der Waals surface area contributed by atoms with E-state index in [-0.39, 0.29) is 25.7 Å². The Morgan fingerprint density at radius 1 is 1.07 bits per heavy atom. The van der Waals surface area contributed by atoms with Crippen LogP contribution in [-0.4, -0.2) is 77.6 Å². The summed E-state index contributed by atoms with van der Waals surface area (Å²) >= 11 is 6.11. The first-order valence-electron chi connectivity index (χ1n) is 15.3. The summed E-state index contributed by atoms with van der Waals surface area (Å²) in [5.74, 6) is 1.70. The average molecular weight is 636 g/mol. The van der Waals surface area contributed by atoms with E-state index in [1.165, 1.54) is 22.7 Å². The minimum Gasteiger partial charge on any atom is -0.496 e. The van der Waals surface area contributed by atoms with Crippen LogP contribution in [0.2, 0.25) is 5.02 Å². The van der Waals surface area contributed by atoms with Crippen LogP contribution >= 0.6 is 11.6 Å². The maximum Gasteiger partial charge on any atom is 0.245 e. The van der Waals surface area contributed by atoms with Gasteiger partial charge in [0.1, 0.15) is 12.4 Å². The third kappa shape index (κ3) is 9.17. The molecule has 1 fully saturated rings. The fourth-order valence-corrected chi connectivity index (χ4v) is 8.49. The molecule has 1 unspecified atom stereocenters. The monoisotopic (exact) mass is 635 g/mol. The second-order valence-electron chi connectivity index (χ2n) is 11.9. The van der Waals surface area contributed by atoms with Crippen LogP contribution in [0.5, 0.6) is 5.75 Å². The van der Waals surface area contributed by atoms with E-state index in [4.69, 9.17) is 21.1 Å². The number of nitrogens with one attached hydrogen (secondary N) is 1. The van der Waals surface area contributed by atoms with Crippen LogP contribution < -0.4 is 10.1 Å². The van der Waals surface area contributed by atoms with Crippen molar-refractivity contribution in [2.24, 2.45) is 11.8 Å². The molecule has 0 aromatic heterocycles. The number of nitrogens with zero attached hydrogens (tertiary/aromatic N) is 2. The van der Waals surface area contributed by atoms with Crippen molar-refractivity contribution in [1.29, 1.82) is 0 Å². The lowest BCUT2D eigenvalue weighted by Crippen LogP contribution is -2.36. The number of halogens is 1. The van der Waals surface area contributed by atoms with Crippen molar-refractivity contribution < 1.29 is 22.7 Å². The fraction of sp³-hybridized carbons (Fsp3) is 0.606. The summed E-state index contributed by atoms with van der Waals surface area (Å²) in [6, 6.07) is 10.4. The third-order valence-electron chi connectivity index (χ3n) is 8.85. The molecule has 10 heteroatoms. The molecule has 0 radical (unpaired) electrons. The Morgan fingerprint density at radius 2 is 1.72 bits per heavy atom. The lowest BCUT2D eigenvalue weighted by Gasteiger charge is -2.37. The zero-order valence-electron chi connectivity index (χ0n) is 26.9. The number of aryl methyl sites for hydroxylation is 1. The predicted molar refractivity (Wildman–Crippen MR) is 173 cm³/mol. The number of methoxy groups -OCH3 is 1. The Bertz CT molecular complexity index is 1310. The fourth-order valence-electron chi connectivity index (χ4n) is 6.45. The lowest BCUT2D eigenvalue weighted by atomic mass is 9.75. The van der Waals surface area contributed by atoms with Gasteiger partial charge in [0.25, 0.3) is 0 Å². The molecule has 0 bridgehead atoms. The molecule has 1 atom stereocenters. The molecular weight excluding hydrogens is 586 g/mol. The number of hydrogen-bond acceptors (Lipinski definition) is 6. The summed E-state index contributed by atoms with van der Waals surface area (Å²) < 4.78 is 39.4. The summed E-state index contributed by atoms with van der Waals surface area (Å²) in [7, 11) is 2.14. The lowest BCUT2D eigenvalue weighted by molar-refractivity contribution is -0.125. The molecule has 1 saturated carbocycles. The van der Waals surface area contributed by atoms with Gasteiger partial charge in [0.15, 0.2) is 0 Å². The highest BCUT2D eigenvalue weighted by Crippen LogP contribution is 2.40. The first kappa shape index (κ1) is 35.3. The maximum atomic E-state index is 13.5. The van der Waals surface area contributed by atoms with E-state index in [1.54, 1.807) is 33.9 Å². The number of rotatable bonds is 15. The molecule has 1 amide bonds. The molecule has 0 spiro atoms. The highest BCUT2D eigenvalue weighted by Gasteiger charge is 2.30. The van der Waals surface area contributed by atoms with Crippen LogP contribution in [0.1, 0.15) is 67.3 Å². The number of ether oxygens (including phenoxy) is 2. The summed E-state index contributed by atoms with van der Waals surface area (Å²) in [5.41, 5.74) is 3.44. The quantitative estimate of drug-likeness (QED) is 0.245. The van der Waals surface area contributed by atoms with E-state index in [0.29, 0.717) is 52.7 Å². The van der Waals surface area contributed by atoms with Crippen LogP contribution in [-0.2, 0) is 19.6 Å². The van der Waals surface area contributed by atoms with Crippen LogP contribution in [0.25, 0.3) is 0 Å². The van der Waals surface area contributed by atoms with E-state index in [2.05, 4.69) is 36.4 Å². The molecule has 1 N–H and O–H groups in total. The molecule has 2 aromatic carbocycles. The molecule has 2 aromatic rings. The van der Waals surface area contributed by atoms with Crippen LogP contribution in [0.4, 0.5) is 0 Å². The minimum absolute atomic E-state index is 0.0876. The number of benzene rings is 2. The van der Waals surface area contributed by atoms with Gasteiger partial charge in [0, 0.05) is 30.7 Å². The van der Waals surface area contributed by atoms with Crippen LogP contribution in [0.15, 0.2) is 35.2 Å². The highest BCUT2D eigenvalue weighted by molar-refractivity contribution is 7.89. The summed E-state index contributed by atoms with van der Waals surface area (Å²) in [4.78, 5) is 15.0. The molecule has 8 nitrogen and oxygen atoms in total. The number of carbonyl (C=O) groups excluding carboxylic acids is 1. The highest BCUT2D eigenvalue weighted by atomic mass is 35.5. The zero-order valence-corrected chi connectivity index (χ0v) is 28.5. The molecule has 1 aliphatic rings. The topological polar surface area (TPSA) is 88.2 Å². The van der Waals surface area contributed by atoms with Gasteiger partial charge in [-0.05, 0) is 106 Å². The van der Waals surface area contributed by atoms with Crippen molar-refractivity contribution in [3.63, 3.8) is 0 Å². The standard InChI is InChI=1S/C33H50ClN3O5S/c1-8-37(43(39,40)33-23(2)21-30(41-7)24(3)25(33)4)19-20-42-22-31(38)35-18-17-26-9-11-27(12-10-26)32(36(5)6)28-13-15-29(34)16-14-28/h13-16,21,26-27,32H,8-12,17-20,22H2,1-7H3,(H,35,38). The Hall–Kier alpha value is -2.17. The Morgan fingerprint density at radius 3 is 2.30 bits per heavy atom. The third-order valence-corrected chi connectivity index (χ3v) is 11.4. The zero-order chi connectivity index (χ0) is 31.7. The first-order valence-corrected chi connectivity index (χ1v) is 17.1. The Labute approximate surface area is 264 Å². The van der Waals surface area contributed by atoms with E-state index >= 15 is 0 Å². The number of carbonyl (C=O) groups is 1. The number of likely N-dealkylation sites (N-methyl/N-ethyl adjacent to an activating group) is 1. The normalized spacial score (nSPS) is 18.2. The van der Waals surface area contributed by atoms with Gasteiger partial charge in [0.05, 0.1) is 18.6 Å². The van der Waals surface area contributed by atoms with Gasteiger partial charge in [-0.3, -0.25) is 4.79 Å². The molecular formula is C33H50ClN3O5S. The average Bonchev–Trinajstić information content (AvgIpc) is 2.96. The summed E-state index contributed by atoms with van der Waals surface area (Å²) in [6.07, 6.45) is 5.60. The molecule has 43 heavy (non-hydrogen) atoms. The van der Waals surface area contributed by atoms with Crippen molar-refractivity contribution in [2.75, 3.05) is 54.1 Å². The first-order chi connectivity index (χ1) is 20.4. The van der Waals surface area contributed by atoms with Crippen LogP contribution in [0.3, 0.4) is 0 Å². The SMILES string of the molecule is CCN(CCOCC(=O)NCCC1CCC(C(c2ccc(Cl)cc2)N(C)C)CC1)S(=O)(=O)c1c(C)cc(OC)c(C)c1C. The van der Waals surface area contributed by atoms with Crippen molar-refractivity contribution in [1.82, 2.24) is 14.5 Å². The maximum absolute atomic E-state index is 13.5. The molecule has 0 saturated heterocycles. The van der Waals surface area contributed by atoms with Gasteiger partial charge in [-0.2, -0.15) is 4.31 Å². The van der Waals surface area contributed by atoms with Gasteiger partial charge >= 0.3 is 0 Å².